The summed E-state index contributed by atoms with van der Waals surface area (Å²) in [6.45, 7) is 1.85. The second-order valence-corrected chi connectivity index (χ2v) is 6.48. The number of halogens is 2. The van der Waals surface area contributed by atoms with Crippen LogP contribution in [0.1, 0.15) is 5.56 Å². The number of ether oxygens (including phenoxy) is 1. The Kier molecular flexibility index (Phi) is 4.39. The molecule has 2 aromatic rings. The zero-order valence-corrected chi connectivity index (χ0v) is 12.9. The maximum absolute atomic E-state index is 13.7. The molecule has 0 aliphatic rings. The van der Waals surface area contributed by atoms with Crippen molar-refractivity contribution < 1.29 is 17.5 Å². The van der Waals surface area contributed by atoms with Gasteiger partial charge in [-0.2, -0.15) is 0 Å². The molecule has 7 heteroatoms. The molecule has 21 heavy (non-hydrogen) atoms. The van der Waals surface area contributed by atoms with Crippen LogP contribution >= 0.6 is 11.6 Å². The third-order valence-electron chi connectivity index (χ3n) is 2.79. The summed E-state index contributed by atoms with van der Waals surface area (Å²) in [6.07, 6.45) is 0. The fourth-order valence-electron chi connectivity index (χ4n) is 1.75. The minimum Gasteiger partial charge on any atom is -0.492 e. The number of rotatable bonds is 4. The predicted molar refractivity (Wildman–Crippen MR) is 79.9 cm³/mol. The van der Waals surface area contributed by atoms with Crippen LogP contribution in [0.3, 0.4) is 0 Å². The van der Waals surface area contributed by atoms with Crippen LogP contribution in [-0.2, 0) is 10.0 Å². The van der Waals surface area contributed by atoms with E-state index in [1.165, 1.54) is 25.3 Å². The van der Waals surface area contributed by atoms with Crippen LogP contribution in [0, 0.1) is 12.7 Å². The standard InChI is InChI=1S/C14H13ClFNO3S/c1-9-3-5-11(6-4-9)21(18,19)17-10-7-12(15)14(20-2)13(16)8-10/h3-8,17H,1-2H3. The topological polar surface area (TPSA) is 55.4 Å². The molecule has 0 saturated heterocycles. The molecule has 0 aliphatic heterocycles. The van der Waals surface area contributed by atoms with Gasteiger partial charge in [0.2, 0.25) is 0 Å². The number of anilines is 1. The summed E-state index contributed by atoms with van der Waals surface area (Å²) in [7, 11) is -2.52. The largest absolute Gasteiger partial charge is 0.492 e. The number of aryl methyl sites for hydroxylation is 1. The average molecular weight is 330 g/mol. The molecule has 0 heterocycles. The van der Waals surface area contributed by atoms with Crippen molar-refractivity contribution in [3.05, 3.63) is 52.8 Å². The number of sulfonamides is 1. The molecule has 112 valence electrons. The van der Waals surface area contributed by atoms with Gasteiger partial charge in [-0.25, -0.2) is 12.8 Å². The lowest BCUT2D eigenvalue weighted by atomic mass is 10.2. The van der Waals surface area contributed by atoms with Gasteiger partial charge < -0.3 is 4.74 Å². The monoisotopic (exact) mass is 329 g/mol. The first-order valence-electron chi connectivity index (χ1n) is 5.96. The maximum atomic E-state index is 13.7. The van der Waals surface area contributed by atoms with Crippen LogP contribution in [0.2, 0.25) is 5.02 Å². The van der Waals surface area contributed by atoms with E-state index >= 15 is 0 Å². The van der Waals surface area contributed by atoms with Crippen LogP contribution in [0.5, 0.6) is 5.75 Å². The predicted octanol–water partition coefficient (Wildman–Crippen LogP) is 3.60. The summed E-state index contributed by atoms with van der Waals surface area (Å²) in [5.74, 6) is -0.874. The van der Waals surface area contributed by atoms with E-state index in [4.69, 9.17) is 16.3 Å². The van der Waals surface area contributed by atoms with Crippen LogP contribution in [0.4, 0.5) is 10.1 Å². The fraction of sp³-hybridized carbons (Fsp3) is 0.143. The first-order chi connectivity index (χ1) is 9.83. The molecule has 0 atom stereocenters. The molecule has 0 aromatic heterocycles. The lowest BCUT2D eigenvalue weighted by Crippen LogP contribution is -2.13. The van der Waals surface area contributed by atoms with Crippen molar-refractivity contribution in [3.63, 3.8) is 0 Å². The molecule has 0 radical (unpaired) electrons. The summed E-state index contributed by atoms with van der Waals surface area (Å²) < 4.78 is 45.1. The van der Waals surface area contributed by atoms with E-state index in [0.29, 0.717) is 0 Å². The number of hydrogen-bond donors (Lipinski definition) is 1. The van der Waals surface area contributed by atoms with Crippen molar-refractivity contribution in [2.45, 2.75) is 11.8 Å². The quantitative estimate of drug-likeness (QED) is 0.932. The number of nitrogens with one attached hydrogen (secondary N) is 1. The van der Waals surface area contributed by atoms with Gasteiger partial charge in [0.25, 0.3) is 10.0 Å². The van der Waals surface area contributed by atoms with Crippen molar-refractivity contribution in [3.8, 4) is 5.75 Å². The Morgan fingerprint density at radius 1 is 1.19 bits per heavy atom. The van der Waals surface area contributed by atoms with E-state index in [2.05, 4.69) is 4.72 Å². The molecule has 0 unspecified atom stereocenters. The minimum atomic E-state index is -3.80. The lowest BCUT2D eigenvalue weighted by molar-refractivity contribution is 0.387. The average Bonchev–Trinajstić information content (AvgIpc) is 2.38. The first-order valence-corrected chi connectivity index (χ1v) is 7.82. The normalized spacial score (nSPS) is 11.2. The summed E-state index contributed by atoms with van der Waals surface area (Å²) in [5.41, 5.74) is 0.964. The Labute approximate surface area is 127 Å². The summed E-state index contributed by atoms with van der Waals surface area (Å²) in [4.78, 5) is 0.0837. The molecular weight excluding hydrogens is 317 g/mol. The molecule has 0 aliphatic carbocycles. The second kappa shape index (κ2) is 5.91. The van der Waals surface area contributed by atoms with Gasteiger partial charge in [0.05, 0.1) is 22.7 Å². The van der Waals surface area contributed by atoms with Crippen molar-refractivity contribution in [1.29, 1.82) is 0 Å². The molecule has 0 spiro atoms. The van der Waals surface area contributed by atoms with Gasteiger partial charge >= 0.3 is 0 Å². The van der Waals surface area contributed by atoms with E-state index < -0.39 is 15.8 Å². The van der Waals surface area contributed by atoms with E-state index in [9.17, 15) is 12.8 Å². The highest BCUT2D eigenvalue weighted by molar-refractivity contribution is 7.92. The van der Waals surface area contributed by atoms with Crippen LogP contribution in [0.15, 0.2) is 41.3 Å². The smallest absolute Gasteiger partial charge is 0.261 e. The fourth-order valence-corrected chi connectivity index (χ4v) is 3.07. The van der Waals surface area contributed by atoms with Gasteiger partial charge in [-0.05, 0) is 25.1 Å². The van der Waals surface area contributed by atoms with Crippen molar-refractivity contribution in [1.82, 2.24) is 0 Å². The molecule has 1 N–H and O–H groups in total. The van der Waals surface area contributed by atoms with E-state index in [1.54, 1.807) is 12.1 Å². The number of benzene rings is 2. The van der Waals surface area contributed by atoms with Gasteiger partial charge in [0, 0.05) is 6.07 Å². The third kappa shape index (κ3) is 3.46. The Hall–Kier alpha value is -1.79. The van der Waals surface area contributed by atoms with Gasteiger partial charge in [0.15, 0.2) is 11.6 Å². The van der Waals surface area contributed by atoms with Crippen LogP contribution in [-0.4, -0.2) is 15.5 Å². The second-order valence-electron chi connectivity index (χ2n) is 4.39. The Bertz CT molecular complexity index is 737. The summed E-state index contributed by atoms with van der Waals surface area (Å²) in [5, 5.41) is -0.0147. The Morgan fingerprint density at radius 2 is 1.81 bits per heavy atom. The number of methoxy groups -OCH3 is 1. The molecule has 0 fully saturated rings. The summed E-state index contributed by atoms with van der Waals surface area (Å²) in [6, 6.07) is 8.59. The van der Waals surface area contributed by atoms with Gasteiger partial charge in [-0.3, -0.25) is 4.72 Å². The SMILES string of the molecule is COc1c(F)cc(NS(=O)(=O)c2ccc(C)cc2)cc1Cl. The van der Waals surface area contributed by atoms with Crippen molar-refractivity contribution >= 4 is 27.3 Å². The van der Waals surface area contributed by atoms with Gasteiger partial charge in [-0.15, -0.1) is 0 Å². The van der Waals surface area contributed by atoms with E-state index in [0.717, 1.165) is 11.6 Å². The maximum Gasteiger partial charge on any atom is 0.261 e. The third-order valence-corrected chi connectivity index (χ3v) is 4.46. The molecule has 2 rings (SSSR count). The molecule has 2 aromatic carbocycles. The highest BCUT2D eigenvalue weighted by Crippen LogP contribution is 2.31. The molecule has 0 bridgehead atoms. The van der Waals surface area contributed by atoms with Gasteiger partial charge in [0.1, 0.15) is 0 Å². The van der Waals surface area contributed by atoms with Crippen molar-refractivity contribution in [2.24, 2.45) is 0 Å². The highest BCUT2D eigenvalue weighted by Gasteiger charge is 2.17. The zero-order chi connectivity index (χ0) is 15.6. The van der Waals surface area contributed by atoms with Crippen LogP contribution in [0.25, 0.3) is 0 Å². The molecule has 4 nitrogen and oxygen atoms in total. The molecule has 0 amide bonds. The van der Waals surface area contributed by atoms with E-state index in [1.807, 2.05) is 6.92 Å². The van der Waals surface area contributed by atoms with Crippen LogP contribution < -0.4 is 9.46 Å². The zero-order valence-electron chi connectivity index (χ0n) is 11.4. The van der Waals surface area contributed by atoms with Crippen molar-refractivity contribution in [2.75, 3.05) is 11.8 Å². The minimum absolute atomic E-state index is 0.0147. The van der Waals surface area contributed by atoms with Gasteiger partial charge in [-0.1, -0.05) is 29.3 Å². The lowest BCUT2D eigenvalue weighted by Gasteiger charge is -2.11. The molecule has 0 saturated carbocycles. The number of hydrogen-bond acceptors (Lipinski definition) is 3. The summed E-state index contributed by atoms with van der Waals surface area (Å²) >= 11 is 5.83. The van der Waals surface area contributed by atoms with E-state index in [-0.39, 0.29) is 21.4 Å². The Balaban J connectivity index is 2.35. The first kappa shape index (κ1) is 15.6. The highest BCUT2D eigenvalue weighted by atomic mass is 35.5. The Morgan fingerprint density at radius 3 is 2.33 bits per heavy atom. The molecular formula is C14H13ClFNO3S.